The fourth-order valence-electron chi connectivity index (χ4n) is 0.971. The summed E-state index contributed by atoms with van der Waals surface area (Å²) in [7, 11) is 0. The second-order valence-electron chi connectivity index (χ2n) is 2.57. The maximum Gasteiger partial charge on any atom is 0.219 e. The summed E-state index contributed by atoms with van der Waals surface area (Å²) < 4.78 is 4.66. The molecule has 1 amide bonds. The number of aliphatic hydroxyl groups is 2. The van der Waals surface area contributed by atoms with Crippen LogP contribution in [0.4, 0.5) is 0 Å². The minimum absolute atomic E-state index is 0.322. The average molecular weight is 173 g/mol. The first kappa shape index (κ1) is 9.02. The molecule has 0 saturated heterocycles. The van der Waals surface area contributed by atoms with E-state index >= 15 is 0 Å². The molecule has 3 atom stereocenters. The van der Waals surface area contributed by atoms with Gasteiger partial charge in [-0.15, -0.1) is 0 Å². The molecule has 0 saturated carbocycles. The second kappa shape index (κ2) is 3.55. The van der Waals surface area contributed by atoms with E-state index in [2.05, 4.69) is 10.1 Å². The number of amides is 1. The van der Waals surface area contributed by atoms with Gasteiger partial charge in [-0.2, -0.15) is 0 Å². The molecule has 0 aromatic rings. The van der Waals surface area contributed by atoms with E-state index in [0.717, 1.165) is 0 Å². The smallest absolute Gasteiger partial charge is 0.219 e. The standard InChI is InChI=1S/C7H11NO4/c1-4(9)8-6-5(10)2-3-12-7(6)11/h2-3,5-7,10-11H,1H3,(H,8,9). The molecule has 5 nitrogen and oxygen atoms in total. The summed E-state index contributed by atoms with van der Waals surface area (Å²) >= 11 is 0. The second-order valence-corrected chi connectivity index (χ2v) is 2.57. The molecule has 0 aromatic heterocycles. The van der Waals surface area contributed by atoms with Gasteiger partial charge in [-0.1, -0.05) is 0 Å². The van der Waals surface area contributed by atoms with E-state index < -0.39 is 18.4 Å². The van der Waals surface area contributed by atoms with Crippen molar-refractivity contribution in [1.82, 2.24) is 5.32 Å². The van der Waals surface area contributed by atoms with Crippen LogP contribution in [0.5, 0.6) is 0 Å². The number of aliphatic hydroxyl groups excluding tert-OH is 2. The highest BCUT2D eigenvalue weighted by atomic mass is 16.6. The highest BCUT2D eigenvalue weighted by molar-refractivity contribution is 5.73. The van der Waals surface area contributed by atoms with Crippen LogP contribution in [0.3, 0.4) is 0 Å². The monoisotopic (exact) mass is 173 g/mol. The van der Waals surface area contributed by atoms with Gasteiger partial charge in [-0.05, 0) is 6.08 Å². The van der Waals surface area contributed by atoms with Gasteiger partial charge in [-0.25, -0.2) is 0 Å². The molecule has 0 radical (unpaired) electrons. The van der Waals surface area contributed by atoms with E-state index in [4.69, 9.17) is 5.11 Å². The van der Waals surface area contributed by atoms with Gasteiger partial charge in [0.1, 0.15) is 12.1 Å². The molecule has 68 valence electrons. The third-order valence-electron chi connectivity index (χ3n) is 1.54. The molecule has 0 aromatic carbocycles. The third kappa shape index (κ3) is 1.96. The Hall–Kier alpha value is -1.07. The topological polar surface area (TPSA) is 78.8 Å². The van der Waals surface area contributed by atoms with E-state index in [1.165, 1.54) is 19.3 Å². The van der Waals surface area contributed by atoms with Crippen molar-refractivity contribution < 1.29 is 19.7 Å². The fourth-order valence-corrected chi connectivity index (χ4v) is 0.971. The van der Waals surface area contributed by atoms with Gasteiger partial charge in [0.15, 0.2) is 0 Å². The SMILES string of the molecule is CC(=O)NC1C(O)C=COC1O. The van der Waals surface area contributed by atoms with E-state index in [1.807, 2.05) is 0 Å². The minimum atomic E-state index is -1.19. The van der Waals surface area contributed by atoms with Crippen molar-refractivity contribution in [3.63, 3.8) is 0 Å². The summed E-state index contributed by atoms with van der Waals surface area (Å²) in [6.45, 7) is 1.30. The first-order valence-corrected chi connectivity index (χ1v) is 3.56. The van der Waals surface area contributed by atoms with Crippen molar-refractivity contribution in [3.05, 3.63) is 12.3 Å². The number of rotatable bonds is 1. The van der Waals surface area contributed by atoms with Crippen LogP contribution in [0, 0.1) is 0 Å². The predicted octanol–water partition coefficient (Wildman–Crippen LogP) is -1.29. The first-order chi connectivity index (χ1) is 5.61. The summed E-state index contributed by atoms with van der Waals surface area (Å²) in [6, 6.07) is -0.785. The Bertz CT molecular complexity index is 204. The van der Waals surface area contributed by atoms with Crippen molar-refractivity contribution in [1.29, 1.82) is 0 Å². The van der Waals surface area contributed by atoms with Crippen LogP contribution >= 0.6 is 0 Å². The molecule has 5 heteroatoms. The average Bonchev–Trinajstić information content (AvgIpc) is 1.97. The molecule has 12 heavy (non-hydrogen) atoms. The largest absolute Gasteiger partial charge is 0.471 e. The Kier molecular flexibility index (Phi) is 2.67. The maximum atomic E-state index is 10.6. The minimum Gasteiger partial charge on any atom is -0.471 e. The summed E-state index contributed by atoms with van der Waals surface area (Å²) in [5.41, 5.74) is 0. The van der Waals surface area contributed by atoms with Crippen molar-refractivity contribution >= 4 is 5.91 Å². The van der Waals surface area contributed by atoms with Crippen molar-refractivity contribution in [2.24, 2.45) is 0 Å². The lowest BCUT2D eigenvalue weighted by Crippen LogP contribution is -2.51. The predicted molar refractivity (Wildman–Crippen MR) is 39.8 cm³/mol. The highest BCUT2D eigenvalue weighted by Crippen LogP contribution is 2.09. The number of hydrogen-bond acceptors (Lipinski definition) is 4. The van der Waals surface area contributed by atoms with Gasteiger partial charge in [0.05, 0.1) is 6.26 Å². The number of carbonyl (C=O) groups is 1. The van der Waals surface area contributed by atoms with Crippen LogP contribution in [0.15, 0.2) is 12.3 Å². The lowest BCUT2D eigenvalue weighted by Gasteiger charge is -2.28. The number of ether oxygens (including phenoxy) is 1. The Morgan fingerprint density at radius 1 is 1.58 bits per heavy atom. The van der Waals surface area contributed by atoms with E-state index in [1.54, 1.807) is 0 Å². The van der Waals surface area contributed by atoms with Gasteiger partial charge in [0, 0.05) is 6.92 Å². The number of hydrogen-bond donors (Lipinski definition) is 3. The summed E-state index contributed by atoms with van der Waals surface area (Å²) in [4.78, 5) is 10.6. The quantitative estimate of drug-likeness (QED) is 0.461. The summed E-state index contributed by atoms with van der Waals surface area (Å²) in [5, 5.41) is 20.8. The van der Waals surface area contributed by atoms with Crippen LogP contribution in [-0.2, 0) is 9.53 Å². The van der Waals surface area contributed by atoms with Crippen molar-refractivity contribution in [3.8, 4) is 0 Å². The zero-order valence-corrected chi connectivity index (χ0v) is 6.60. The molecule has 0 fully saturated rings. The van der Waals surface area contributed by atoms with Gasteiger partial charge in [0.25, 0.3) is 0 Å². The van der Waals surface area contributed by atoms with Gasteiger partial charge >= 0.3 is 0 Å². The Labute approximate surface area is 69.6 Å². The third-order valence-corrected chi connectivity index (χ3v) is 1.54. The van der Waals surface area contributed by atoms with E-state index in [-0.39, 0.29) is 5.91 Å². The number of carbonyl (C=O) groups excluding carboxylic acids is 1. The summed E-state index contributed by atoms with van der Waals surface area (Å²) in [5.74, 6) is -0.322. The molecular weight excluding hydrogens is 162 g/mol. The Morgan fingerprint density at radius 3 is 2.75 bits per heavy atom. The molecule has 0 aliphatic carbocycles. The lowest BCUT2D eigenvalue weighted by molar-refractivity contribution is -0.133. The molecule has 0 spiro atoms. The van der Waals surface area contributed by atoms with E-state index in [0.29, 0.717) is 0 Å². The number of nitrogens with one attached hydrogen (secondary N) is 1. The molecule has 1 aliphatic rings. The van der Waals surface area contributed by atoms with E-state index in [9.17, 15) is 9.90 Å². The Morgan fingerprint density at radius 2 is 2.25 bits per heavy atom. The first-order valence-electron chi connectivity index (χ1n) is 3.56. The molecule has 3 unspecified atom stereocenters. The molecule has 0 bridgehead atoms. The zero-order valence-electron chi connectivity index (χ0n) is 6.60. The molecule has 1 aliphatic heterocycles. The van der Waals surface area contributed by atoms with Crippen LogP contribution in [0.2, 0.25) is 0 Å². The van der Waals surface area contributed by atoms with Crippen molar-refractivity contribution in [2.75, 3.05) is 0 Å². The lowest BCUT2D eigenvalue weighted by atomic mass is 10.1. The Balaban J connectivity index is 2.60. The molecule has 1 heterocycles. The maximum absolute atomic E-state index is 10.6. The molecule has 1 rings (SSSR count). The van der Waals surface area contributed by atoms with Gasteiger partial charge in [0.2, 0.25) is 12.2 Å². The highest BCUT2D eigenvalue weighted by Gasteiger charge is 2.29. The van der Waals surface area contributed by atoms with Crippen LogP contribution in [-0.4, -0.2) is 34.6 Å². The van der Waals surface area contributed by atoms with Crippen LogP contribution in [0.1, 0.15) is 6.92 Å². The van der Waals surface area contributed by atoms with Gasteiger partial charge in [-0.3, -0.25) is 4.79 Å². The molecule has 3 N–H and O–H groups in total. The van der Waals surface area contributed by atoms with Gasteiger partial charge < -0.3 is 20.3 Å². The summed E-state index contributed by atoms with van der Waals surface area (Å²) in [6.07, 6.45) is 0.465. The zero-order chi connectivity index (χ0) is 9.14. The van der Waals surface area contributed by atoms with Crippen LogP contribution < -0.4 is 5.32 Å². The van der Waals surface area contributed by atoms with Crippen LogP contribution in [0.25, 0.3) is 0 Å². The fraction of sp³-hybridized carbons (Fsp3) is 0.571. The van der Waals surface area contributed by atoms with Crippen molar-refractivity contribution in [2.45, 2.75) is 25.4 Å². The normalized spacial score (nSPS) is 34.1. The molecular formula is C7H11NO4.